The zero-order valence-electron chi connectivity index (χ0n) is 20.3. The number of rotatable bonds is 6. The second kappa shape index (κ2) is 9.73. The number of carbonyl (C=O) groups is 2. The standard InChI is InChI=1S/C26H30N6O2S/c1-17-9-4-5-12-20(17)27-23(33)16-35-26-29-28-25-30(21-13-6-7-14-22(21)32(25)26)15-24(34)31-18(2)10-8-11-19(31)3/h4-7,9,12-14,18-19H,8,10-11,15-16H2,1-3H3,(H,27,33)/t18-,19+. The first-order valence-corrected chi connectivity index (χ1v) is 13.0. The number of anilines is 1. The zero-order valence-corrected chi connectivity index (χ0v) is 21.1. The lowest BCUT2D eigenvalue weighted by Crippen LogP contribution is -2.48. The molecule has 0 radical (unpaired) electrons. The molecule has 8 nitrogen and oxygen atoms in total. The molecule has 9 heteroatoms. The maximum atomic E-state index is 13.4. The molecule has 2 aromatic heterocycles. The normalized spacial score (nSPS) is 18.3. The summed E-state index contributed by atoms with van der Waals surface area (Å²) in [7, 11) is 0. The third-order valence-corrected chi connectivity index (χ3v) is 7.73. The Hall–Kier alpha value is -3.33. The van der Waals surface area contributed by atoms with Crippen molar-refractivity contribution >= 4 is 46.1 Å². The van der Waals surface area contributed by atoms with Crippen LogP contribution in [-0.4, -0.2) is 53.7 Å². The van der Waals surface area contributed by atoms with Crippen LogP contribution in [0.2, 0.25) is 0 Å². The van der Waals surface area contributed by atoms with Crippen molar-refractivity contribution in [3.05, 3.63) is 54.1 Å². The van der Waals surface area contributed by atoms with E-state index in [1.807, 2.05) is 69.3 Å². The number of aryl methyl sites for hydroxylation is 1. The number of benzene rings is 2. The molecule has 3 heterocycles. The van der Waals surface area contributed by atoms with Gasteiger partial charge in [0.2, 0.25) is 17.6 Å². The molecule has 0 saturated carbocycles. The average molecular weight is 491 g/mol. The smallest absolute Gasteiger partial charge is 0.243 e. The van der Waals surface area contributed by atoms with Gasteiger partial charge in [-0.05, 0) is 63.8 Å². The van der Waals surface area contributed by atoms with Crippen LogP contribution in [0.15, 0.2) is 53.7 Å². The van der Waals surface area contributed by atoms with Gasteiger partial charge in [0.15, 0.2) is 5.16 Å². The molecule has 0 unspecified atom stereocenters. The lowest BCUT2D eigenvalue weighted by molar-refractivity contribution is -0.137. The van der Waals surface area contributed by atoms with Crippen molar-refractivity contribution in [3.8, 4) is 0 Å². The highest BCUT2D eigenvalue weighted by Crippen LogP contribution is 2.28. The molecular weight excluding hydrogens is 460 g/mol. The predicted molar refractivity (Wildman–Crippen MR) is 139 cm³/mol. The van der Waals surface area contributed by atoms with E-state index in [0.29, 0.717) is 10.9 Å². The number of nitrogens with zero attached hydrogens (tertiary/aromatic N) is 5. The molecule has 1 saturated heterocycles. The fraction of sp³-hybridized carbons (Fsp3) is 0.385. The van der Waals surface area contributed by atoms with Gasteiger partial charge in [0.25, 0.3) is 0 Å². The number of imidazole rings is 1. The van der Waals surface area contributed by atoms with E-state index in [2.05, 4.69) is 29.4 Å². The number of hydrogen-bond donors (Lipinski definition) is 1. The van der Waals surface area contributed by atoms with E-state index in [9.17, 15) is 9.59 Å². The molecule has 1 fully saturated rings. The zero-order chi connectivity index (χ0) is 24.5. The molecule has 0 spiro atoms. The summed E-state index contributed by atoms with van der Waals surface area (Å²) in [4.78, 5) is 28.0. The van der Waals surface area contributed by atoms with Gasteiger partial charge in [0, 0.05) is 17.8 Å². The largest absolute Gasteiger partial charge is 0.336 e. The molecule has 2 aromatic carbocycles. The summed E-state index contributed by atoms with van der Waals surface area (Å²) in [6, 6.07) is 16.1. The van der Waals surface area contributed by atoms with E-state index in [1.54, 1.807) is 0 Å². The molecule has 0 aliphatic carbocycles. The molecule has 1 N–H and O–H groups in total. The average Bonchev–Trinajstić information content (AvgIpc) is 3.38. The van der Waals surface area contributed by atoms with Crippen molar-refractivity contribution in [2.24, 2.45) is 0 Å². The quantitative estimate of drug-likeness (QED) is 0.402. The van der Waals surface area contributed by atoms with E-state index in [-0.39, 0.29) is 36.2 Å². The monoisotopic (exact) mass is 490 g/mol. The van der Waals surface area contributed by atoms with Crippen molar-refractivity contribution in [1.29, 1.82) is 0 Å². The number of likely N-dealkylation sites (tertiary alicyclic amines) is 1. The number of hydrogen-bond acceptors (Lipinski definition) is 5. The van der Waals surface area contributed by atoms with Crippen molar-refractivity contribution in [2.45, 2.75) is 63.8 Å². The van der Waals surface area contributed by atoms with Crippen LogP contribution in [0.3, 0.4) is 0 Å². The predicted octanol–water partition coefficient (Wildman–Crippen LogP) is 4.51. The number of fused-ring (bicyclic) bond motifs is 3. The van der Waals surface area contributed by atoms with Crippen molar-refractivity contribution < 1.29 is 9.59 Å². The summed E-state index contributed by atoms with van der Waals surface area (Å²) in [5, 5.41) is 12.4. The number of aromatic nitrogens is 4. The molecule has 5 rings (SSSR count). The van der Waals surface area contributed by atoms with E-state index in [0.717, 1.165) is 41.5 Å². The van der Waals surface area contributed by atoms with Crippen LogP contribution in [0.1, 0.15) is 38.7 Å². The highest BCUT2D eigenvalue weighted by atomic mass is 32.2. The number of para-hydroxylation sites is 3. The van der Waals surface area contributed by atoms with E-state index < -0.39 is 0 Å². The Morgan fingerprint density at radius 2 is 1.69 bits per heavy atom. The second-order valence-electron chi connectivity index (χ2n) is 9.27. The minimum Gasteiger partial charge on any atom is -0.336 e. The summed E-state index contributed by atoms with van der Waals surface area (Å²) < 4.78 is 3.88. The molecular formula is C26H30N6O2S. The lowest BCUT2D eigenvalue weighted by Gasteiger charge is -2.39. The Morgan fingerprint density at radius 1 is 1.00 bits per heavy atom. The Balaban J connectivity index is 1.40. The second-order valence-corrected chi connectivity index (χ2v) is 10.2. The van der Waals surface area contributed by atoms with Crippen molar-refractivity contribution in [1.82, 2.24) is 24.1 Å². The molecule has 1 aliphatic rings. The molecule has 0 bridgehead atoms. The number of thioether (sulfide) groups is 1. The van der Waals surface area contributed by atoms with E-state index in [4.69, 9.17) is 0 Å². The molecule has 4 aromatic rings. The topological polar surface area (TPSA) is 84.5 Å². The Kier molecular flexibility index (Phi) is 6.51. The number of amides is 2. The first-order chi connectivity index (χ1) is 16.9. The van der Waals surface area contributed by atoms with Gasteiger partial charge in [-0.25, -0.2) is 0 Å². The minimum absolute atomic E-state index is 0.0998. The highest BCUT2D eigenvalue weighted by molar-refractivity contribution is 7.99. The van der Waals surface area contributed by atoms with Crippen LogP contribution in [0, 0.1) is 6.92 Å². The summed E-state index contributed by atoms with van der Waals surface area (Å²) in [6.45, 7) is 6.43. The molecule has 2 amide bonds. The Morgan fingerprint density at radius 3 is 2.43 bits per heavy atom. The van der Waals surface area contributed by atoms with Gasteiger partial charge in [0.05, 0.1) is 16.8 Å². The van der Waals surface area contributed by atoms with Crippen LogP contribution in [0.4, 0.5) is 5.69 Å². The van der Waals surface area contributed by atoms with Crippen LogP contribution < -0.4 is 5.32 Å². The maximum Gasteiger partial charge on any atom is 0.243 e. The summed E-state index contributed by atoms with van der Waals surface area (Å²) in [6.07, 6.45) is 3.23. The first-order valence-electron chi connectivity index (χ1n) is 12.1. The van der Waals surface area contributed by atoms with Crippen LogP contribution in [0.25, 0.3) is 16.8 Å². The first kappa shape index (κ1) is 23.4. The van der Waals surface area contributed by atoms with E-state index in [1.165, 1.54) is 11.8 Å². The molecule has 182 valence electrons. The number of piperidine rings is 1. The van der Waals surface area contributed by atoms with Crippen molar-refractivity contribution in [3.63, 3.8) is 0 Å². The Bertz CT molecular complexity index is 1380. The molecule has 35 heavy (non-hydrogen) atoms. The Labute approximate surface area is 208 Å². The van der Waals surface area contributed by atoms with E-state index >= 15 is 0 Å². The SMILES string of the molecule is Cc1ccccc1NC(=O)CSc1nnc2n(CC(=O)N3[C@H](C)CCC[C@@H]3C)c3ccccc3n12. The third kappa shape index (κ3) is 4.52. The van der Waals surface area contributed by atoms with Gasteiger partial charge < -0.3 is 10.2 Å². The summed E-state index contributed by atoms with van der Waals surface area (Å²) >= 11 is 1.33. The molecule has 2 atom stereocenters. The van der Waals surface area contributed by atoms with Gasteiger partial charge in [-0.1, -0.05) is 42.1 Å². The number of carbonyl (C=O) groups excluding carboxylic acids is 2. The van der Waals surface area contributed by atoms with Gasteiger partial charge in [-0.2, -0.15) is 0 Å². The lowest BCUT2D eigenvalue weighted by atomic mass is 9.97. The third-order valence-electron chi connectivity index (χ3n) is 6.80. The summed E-state index contributed by atoms with van der Waals surface area (Å²) in [5.41, 5.74) is 3.66. The van der Waals surface area contributed by atoms with Crippen LogP contribution >= 0.6 is 11.8 Å². The highest BCUT2D eigenvalue weighted by Gasteiger charge is 2.30. The number of nitrogens with one attached hydrogen (secondary N) is 1. The minimum atomic E-state index is -0.104. The fourth-order valence-corrected chi connectivity index (χ4v) is 5.79. The maximum absolute atomic E-state index is 13.4. The van der Waals surface area contributed by atoms with Crippen LogP contribution in [-0.2, 0) is 16.1 Å². The fourth-order valence-electron chi connectivity index (χ4n) is 5.05. The van der Waals surface area contributed by atoms with Crippen molar-refractivity contribution in [2.75, 3.05) is 11.1 Å². The summed E-state index contributed by atoms with van der Waals surface area (Å²) in [5.74, 6) is 0.811. The van der Waals surface area contributed by atoms with Gasteiger partial charge in [-0.3, -0.25) is 18.6 Å². The van der Waals surface area contributed by atoms with Gasteiger partial charge >= 0.3 is 0 Å². The molecule has 1 aliphatic heterocycles. The van der Waals surface area contributed by atoms with Gasteiger partial charge in [0.1, 0.15) is 6.54 Å². The van der Waals surface area contributed by atoms with Crippen LogP contribution in [0.5, 0.6) is 0 Å². The van der Waals surface area contributed by atoms with Gasteiger partial charge in [-0.15, -0.1) is 10.2 Å².